The van der Waals surface area contributed by atoms with Gasteiger partial charge in [-0.15, -0.1) is 0 Å². The highest BCUT2D eigenvalue weighted by molar-refractivity contribution is 7.84. The van der Waals surface area contributed by atoms with Gasteiger partial charge in [0, 0.05) is 22.3 Å². The van der Waals surface area contributed by atoms with E-state index >= 15 is 0 Å². The van der Waals surface area contributed by atoms with E-state index in [0.29, 0.717) is 11.5 Å². The normalized spacial score (nSPS) is 14.2. The summed E-state index contributed by atoms with van der Waals surface area (Å²) in [6.07, 6.45) is 0. The molecule has 3 heteroatoms. The molecule has 2 unspecified atom stereocenters. The molecule has 0 aliphatic rings. The van der Waals surface area contributed by atoms with Gasteiger partial charge < -0.3 is 0 Å². The third kappa shape index (κ3) is 4.26. The van der Waals surface area contributed by atoms with Crippen LogP contribution in [-0.2, 0) is 16.6 Å². The van der Waals surface area contributed by atoms with Crippen LogP contribution in [0, 0.1) is 24.2 Å². The molecule has 1 aromatic rings. The van der Waals surface area contributed by atoms with Crippen LogP contribution in [0.4, 0.5) is 0 Å². The van der Waals surface area contributed by atoms with Gasteiger partial charge in [-0.2, -0.15) is 5.26 Å². The fourth-order valence-corrected chi connectivity index (χ4v) is 2.66. The summed E-state index contributed by atoms with van der Waals surface area (Å²) in [6, 6.07) is 10.1. The lowest BCUT2D eigenvalue weighted by molar-refractivity contribution is 0.675. The van der Waals surface area contributed by atoms with E-state index in [1.54, 1.807) is 6.92 Å². The molecular formula is C12H15NOS. The van der Waals surface area contributed by atoms with E-state index in [2.05, 4.69) is 6.07 Å². The van der Waals surface area contributed by atoms with Crippen LogP contribution in [0.25, 0.3) is 0 Å². The summed E-state index contributed by atoms with van der Waals surface area (Å²) in [7, 11) is -0.932. The van der Waals surface area contributed by atoms with E-state index in [4.69, 9.17) is 5.26 Å². The molecule has 0 amide bonds. The van der Waals surface area contributed by atoms with Crippen LogP contribution in [0.15, 0.2) is 24.3 Å². The number of hydrogen-bond donors (Lipinski definition) is 0. The number of nitrogens with zero attached hydrogens (tertiary/aromatic N) is 1. The second-order valence-corrected chi connectivity index (χ2v) is 5.27. The molecule has 0 saturated carbocycles. The van der Waals surface area contributed by atoms with Crippen molar-refractivity contribution in [3.63, 3.8) is 0 Å². The summed E-state index contributed by atoms with van der Waals surface area (Å²) in [5.41, 5.74) is 2.26. The minimum Gasteiger partial charge on any atom is -0.259 e. The van der Waals surface area contributed by atoms with Gasteiger partial charge in [-0.1, -0.05) is 29.8 Å². The Hall–Kier alpha value is -1.14. The quantitative estimate of drug-likeness (QED) is 0.783. The predicted molar refractivity (Wildman–Crippen MR) is 62.7 cm³/mol. The molecule has 0 aromatic heterocycles. The highest BCUT2D eigenvalue weighted by Crippen LogP contribution is 2.08. The number of aryl methyl sites for hydroxylation is 1. The zero-order chi connectivity index (χ0) is 11.3. The first kappa shape index (κ1) is 11.9. The van der Waals surface area contributed by atoms with Crippen molar-refractivity contribution in [3.05, 3.63) is 35.4 Å². The average Bonchev–Trinajstić information content (AvgIpc) is 2.17. The molecule has 0 bridgehead atoms. The summed E-state index contributed by atoms with van der Waals surface area (Å²) in [5.74, 6) is 0.883. The molecule has 0 saturated heterocycles. The second-order valence-electron chi connectivity index (χ2n) is 3.77. The molecule has 2 atom stereocenters. The smallest absolute Gasteiger partial charge is 0.0662 e. The molecule has 0 radical (unpaired) electrons. The van der Waals surface area contributed by atoms with E-state index < -0.39 is 10.8 Å². The van der Waals surface area contributed by atoms with Gasteiger partial charge in [0.25, 0.3) is 0 Å². The van der Waals surface area contributed by atoms with Crippen molar-refractivity contribution in [1.82, 2.24) is 0 Å². The van der Waals surface area contributed by atoms with Crippen LogP contribution < -0.4 is 0 Å². The molecule has 1 aromatic carbocycles. The Bertz CT molecular complexity index is 395. The maximum absolute atomic E-state index is 11.7. The van der Waals surface area contributed by atoms with Crippen molar-refractivity contribution in [2.45, 2.75) is 19.6 Å². The highest BCUT2D eigenvalue weighted by Gasteiger charge is 2.07. The van der Waals surface area contributed by atoms with Gasteiger partial charge >= 0.3 is 0 Å². The van der Waals surface area contributed by atoms with Crippen molar-refractivity contribution < 1.29 is 4.21 Å². The van der Waals surface area contributed by atoms with Gasteiger partial charge in [0.05, 0.1) is 12.0 Å². The van der Waals surface area contributed by atoms with Gasteiger partial charge in [-0.3, -0.25) is 4.21 Å². The molecule has 0 aliphatic heterocycles. The fourth-order valence-electron chi connectivity index (χ4n) is 1.36. The van der Waals surface area contributed by atoms with E-state index in [1.165, 1.54) is 5.56 Å². The van der Waals surface area contributed by atoms with Gasteiger partial charge in [0.1, 0.15) is 0 Å². The molecule has 0 heterocycles. The minimum atomic E-state index is -0.932. The Morgan fingerprint density at radius 3 is 2.87 bits per heavy atom. The maximum Gasteiger partial charge on any atom is 0.0662 e. The lowest BCUT2D eigenvalue weighted by atomic mass is 10.2. The Morgan fingerprint density at radius 1 is 1.53 bits per heavy atom. The summed E-state index contributed by atoms with van der Waals surface area (Å²) in [4.78, 5) is 0. The van der Waals surface area contributed by atoms with Gasteiger partial charge in [0.2, 0.25) is 0 Å². The highest BCUT2D eigenvalue weighted by atomic mass is 32.2. The molecule has 0 N–H and O–H groups in total. The third-order valence-electron chi connectivity index (χ3n) is 2.07. The number of rotatable bonds is 4. The van der Waals surface area contributed by atoms with Crippen molar-refractivity contribution in [2.75, 3.05) is 5.75 Å². The minimum absolute atomic E-state index is 0.129. The van der Waals surface area contributed by atoms with Crippen molar-refractivity contribution in [1.29, 1.82) is 5.26 Å². The van der Waals surface area contributed by atoms with Crippen LogP contribution in [0.2, 0.25) is 0 Å². The zero-order valence-electron chi connectivity index (χ0n) is 9.06. The van der Waals surface area contributed by atoms with E-state index in [-0.39, 0.29) is 5.92 Å². The van der Waals surface area contributed by atoms with Crippen LogP contribution in [0.5, 0.6) is 0 Å². The Kier molecular flexibility index (Phi) is 4.51. The van der Waals surface area contributed by atoms with Crippen molar-refractivity contribution in [3.8, 4) is 6.07 Å². The molecule has 0 aliphatic carbocycles. The summed E-state index contributed by atoms with van der Waals surface area (Å²) >= 11 is 0. The lowest BCUT2D eigenvalue weighted by Gasteiger charge is -2.04. The monoisotopic (exact) mass is 221 g/mol. The van der Waals surface area contributed by atoms with Crippen LogP contribution in [-0.4, -0.2) is 9.96 Å². The first-order valence-electron chi connectivity index (χ1n) is 4.92. The maximum atomic E-state index is 11.7. The summed E-state index contributed by atoms with van der Waals surface area (Å²) < 4.78 is 11.7. The molecule has 0 spiro atoms. The summed E-state index contributed by atoms with van der Waals surface area (Å²) in [5, 5.41) is 8.61. The van der Waals surface area contributed by atoms with Gasteiger partial charge in [0.15, 0.2) is 0 Å². The third-order valence-corrected chi connectivity index (χ3v) is 3.59. The topological polar surface area (TPSA) is 40.9 Å². The van der Waals surface area contributed by atoms with Gasteiger partial charge in [-0.05, 0) is 19.4 Å². The lowest BCUT2D eigenvalue weighted by Crippen LogP contribution is -2.07. The molecule has 80 valence electrons. The van der Waals surface area contributed by atoms with Crippen LogP contribution >= 0.6 is 0 Å². The van der Waals surface area contributed by atoms with Crippen LogP contribution in [0.3, 0.4) is 0 Å². The Labute approximate surface area is 93.4 Å². The predicted octanol–water partition coefficient (Wildman–Crippen LogP) is 2.40. The molecule has 15 heavy (non-hydrogen) atoms. The summed E-state index contributed by atoms with van der Waals surface area (Å²) in [6.45, 7) is 3.82. The molecular weight excluding hydrogens is 206 g/mol. The SMILES string of the molecule is Cc1cccc(CS(=O)CC(C)C#N)c1. The molecule has 0 fully saturated rings. The Balaban J connectivity index is 2.56. The first-order valence-corrected chi connectivity index (χ1v) is 6.40. The molecule has 2 nitrogen and oxygen atoms in total. The van der Waals surface area contributed by atoms with Crippen molar-refractivity contribution in [2.24, 2.45) is 5.92 Å². The first-order chi connectivity index (χ1) is 7.11. The second kappa shape index (κ2) is 5.67. The van der Waals surface area contributed by atoms with Gasteiger partial charge in [-0.25, -0.2) is 0 Å². The standard InChI is InChI=1S/C12H15NOS/c1-10-4-3-5-12(6-10)9-15(14)8-11(2)7-13/h3-6,11H,8-9H2,1-2H3. The zero-order valence-corrected chi connectivity index (χ0v) is 9.88. The average molecular weight is 221 g/mol. The van der Waals surface area contributed by atoms with E-state index in [9.17, 15) is 4.21 Å². The van der Waals surface area contributed by atoms with E-state index in [0.717, 1.165) is 5.56 Å². The Morgan fingerprint density at radius 2 is 2.27 bits per heavy atom. The van der Waals surface area contributed by atoms with Crippen LogP contribution in [0.1, 0.15) is 18.1 Å². The molecule has 1 rings (SSSR count). The number of nitriles is 1. The number of hydrogen-bond acceptors (Lipinski definition) is 2. The van der Waals surface area contributed by atoms with Crippen molar-refractivity contribution >= 4 is 10.8 Å². The number of benzene rings is 1. The largest absolute Gasteiger partial charge is 0.259 e. The van der Waals surface area contributed by atoms with E-state index in [1.807, 2.05) is 31.2 Å². The fraction of sp³-hybridized carbons (Fsp3) is 0.417.